The van der Waals surface area contributed by atoms with E-state index in [2.05, 4.69) is 70.0 Å². The Balaban J connectivity index is 0.00000320. The lowest BCUT2D eigenvalue weighted by molar-refractivity contribution is -0.128. The molecule has 1 saturated heterocycles. The third-order valence-corrected chi connectivity index (χ3v) is 5.91. The first-order chi connectivity index (χ1) is 14.1. The molecule has 0 atom stereocenters. The molecule has 162 valence electrons. The summed E-state index contributed by atoms with van der Waals surface area (Å²) in [7, 11) is 3.86. The smallest absolute Gasteiger partial charge is 0.222 e. The third kappa shape index (κ3) is 6.91. The summed E-state index contributed by atoms with van der Waals surface area (Å²) in [6.45, 7) is 3.11. The number of aliphatic imine (C=N–C) groups is 1. The van der Waals surface area contributed by atoms with Gasteiger partial charge in [0.15, 0.2) is 5.96 Å². The Kier molecular flexibility index (Phi) is 9.97. The first-order valence-corrected chi connectivity index (χ1v) is 11.2. The number of benzene rings is 2. The van der Waals surface area contributed by atoms with Gasteiger partial charge in [-0.15, -0.1) is 35.7 Å². The van der Waals surface area contributed by atoms with Gasteiger partial charge in [0, 0.05) is 51.6 Å². The SMILES string of the molecule is CN=C(NCc1ccc(CN2CCCC2=O)cc1)N(C)Cc1ccc(SC)cc1.I. The Labute approximate surface area is 201 Å². The van der Waals surface area contributed by atoms with Crippen LogP contribution in [-0.2, 0) is 24.4 Å². The molecule has 5 nitrogen and oxygen atoms in total. The van der Waals surface area contributed by atoms with Crippen LogP contribution in [0.4, 0.5) is 0 Å². The predicted molar refractivity (Wildman–Crippen MR) is 136 cm³/mol. The standard InChI is InChI=1S/C23H30N4OS.HI/c1-24-23(26(2)16-19-10-12-21(29-3)13-11-19)25-15-18-6-8-20(9-7-18)17-27-14-4-5-22(27)28;/h6-13H,4-5,14-17H2,1-3H3,(H,24,25);1H. The highest BCUT2D eigenvalue weighted by molar-refractivity contribution is 14.0. The third-order valence-electron chi connectivity index (χ3n) is 5.17. The molecule has 1 aliphatic rings. The molecule has 0 unspecified atom stereocenters. The van der Waals surface area contributed by atoms with E-state index in [0.717, 1.165) is 25.5 Å². The number of nitrogens with zero attached hydrogens (tertiary/aromatic N) is 3. The van der Waals surface area contributed by atoms with Crippen LogP contribution in [0.25, 0.3) is 0 Å². The van der Waals surface area contributed by atoms with Crippen molar-refractivity contribution in [3.63, 3.8) is 0 Å². The monoisotopic (exact) mass is 538 g/mol. The molecule has 3 rings (SSSR count). The summed E-state index contributed by atoms with van der Waals surface area (Å²) in [4.78, 5) is 21.5. The van der Waals surface area contributed by atoms with Gasteiger partial charge in [0.05, 0.1) is 0 Å². The van der Waals surface area contributed by atoms with E-state index in [4.69, 9.17) is 0 Å². The summed E-state index contributed by atoms with van der Waals surface area (Å²) >= 11 is 1.75. The van der Waals surface area contributed by atoms with Gasteiger partial charge in [-0.05, 0) is 41.5 Å². The number of guanidine groups is 1. The fraction of sp³-hybridized carbons (Fsp3) is 0.391. The van der Waals surface area contributed by atoms with E-state index in [1.54, 1.807) is 11.8 Å². The highest BCUT2D eigenvalue weighted by atomic mass is 127. The lowest BCUT2D eigenvalue weighted by Gasteiger charge is -2.22. The average Bonchev–Trinajstić information content (AvgIpc) is 3.14. The quantitative estimate of drug-likeness (QED) is 0.247. The van der Waals surface area contributed by atoms with Crippen LogP contribution in [0.15, 0.2) is 58.4 Å². The number of carbonyl (C=O) groups excluding carboxylic acids is 1. The Morgan fingerprint density at radius 2 is 1.73 bits per heavy atom. The zero-order valence-electron chi connectivity index (χ0n) is 17.9. The summed E-state index contributed by atoms with van der Waals surface area (Å²) in [5.74, 6) is 1.14. The number of rotatable bonds is 7. The molecule has 0 saturated carbocycles. The maximum Gasteiger partial charge on any atom is 0.222 e. The maximum absolute atomic E-state index is 11.8. The molecule has 1 fully saturated rings. The Bertz CT molecular complexity index is 839. The number of halogens is 1. The van der Waals surface area contributed by atoms with Crippen LogP contribution in [0.2, 0.25) is 0 Å². The van der Waals surface area contributed by atoms with E-state index in [0.29, 0.717) is 19.5 Å². The first kappa shape index (κ1) is 24.5. The molecule has 0 radical (unpaired) electrons. The minimum atomic E-state index is 0. The second-order valence-corrected chi connectivity index (χ2v) is 8.22. The van der Waals surface area contributed by atoms with Crippen LogP contribution in [0.1, 0.15) is 29.5 Å². The van der Waals surface area contributed by atoms with Crippen molar-refractivity contribution in [3.8, 4) is 0 Å². The van der Waals surface area contributed by atoms with Gasteiger partial charge in [-0.2, -0.15) is 0 Å². The van der Waals surface area contributed by atoms with Gasteiger partial charge in [-0.25, -0.2) is 0 Å². The topological polar surface area (TPSA) is 47.9 Å². The minimum Gasteiger partial charge on any atom is -0.352 e. The van der Waals surface area contributed by atoms with Crippen molar-refractivity contribution in [3.05, 3.63) is 65.2 Å². The number of nitrogens with one attached hydrogen (secondary N) is 1. The maximum atomic E-state index is 11.8. The van der Waals surface area contributed by atoms with Gasteiger partial charge in [-0.1, -0.05) is 36.4 Å². The molecular formula is C23H31IN4OS. The average molecular weight is 538 g/mol. The summed E-state index contributed by atoms with van der Waals surface area (Å²) < 4.78 is 0. The Morgan fingerprint density at radius 3 is 2.30 bits per heavy atom. The lowest BCUT2D eigenvalue weighted by atomic mass is 10.1. The number of amides is 1. The van der Waals surface area contributed by atoms with Gasteiger partial charge in [-0.3, -0.25) is 9.79 Å². The second kappa shape index (κ2) is 12.2. The lowest BCUT2D eigenvalue weighted by Crippen LogP contribution is -2.38. The van der Waals surface area contributed by atoms with E-state index in [-0.39, 0.29) is 29.9 Å². The van der Waals surface area contributed by atoms with Crippen molar-refractivity contribution in [2.75, 3.05) is 26.9 Å². The summed E-state index contributed by atoms with van der Waals surface area (Å²) in [6, 6.07) is 17.1. The highest BCUT2D eigenvalue weighted by Crippen LogP contribution is 2.16. The molecule has 2 aromatic carbocycles. The van der Waals surface area contributed by atoms with Crippen LogP contribution < -0.4 is 5.32 Å². The van der Waals surface area contributed by atoms with Crippen LogP contribution in [0.3, 0.4) is 0 Å². The highest BCUT2D eigenvalue weighted by Gasteiger charge is 2.19. The molecule has 0 aromatic heterocycles. The molecule has 30 heavy (non-hydrogen) atoms. The van der Waals surface area contributed by atoms with Crippen molar-refractivity contribution in [2.24, 2.45) is 4.99 Å². The zero-order chi connectivity index (χ0) is 20.6. The van der Waals surface area contributed by atoms with Gasteiger partial charge in [0.2, 0.25) is 5.91 Å². The summed E-state index contributed by atoms with van der Waals surface area (Å²) in [5.41, 5.74) is 3.63. The second-order valence-electron chi connectivity index (χ2n) is 7.34. The molecule has 7 heteroatoms. The van der Waals surface area contributed by atoms with Crippen molar-refractivity contribution >= 4 is 47.6 Å². The van der Waals surface area contributed by atoms with Crippen LogP contribution in [0.5, 0.6) is 0 Å². The van der Waals surface area contributed by atoms with Crippen LogP contribution in [0, 0.1) is 0 Å². The van der Waals surface area contributed by atoms with Gasteiger partial charge < -0.3 is 15.1 Å². The van der Waals surface area contributed by atoms with Crippen molar-refractivity contribution < 1.29 is 4.79 Å². The Hall–Kier alpha value is -1.74. The number of likely N-dealkylation sites (tertiary alicyclic amines) is 1. The van der Waals surface area contributed by atoms with Crippen LogP contribution >= 0.6 is 35.7 Å². The van der Waals surface area contributed by atoms with E-state index < -0.39 is 0 Å². The van der Waals surface area contributed by atoms with Gasteiger partial charge >= 0.3 is 0 Å². The summed E-state index contributed by atoms with van der Waals surface area (Å²) in [5, 5.41) is 3.44. The number of carbonyl (C=O) groups is 1. The van der Waals surface area contributed by atoms with Gasteiger partial charge in [0.1, 0.15) is 0 Å². The van der Waals surface area contributed by atoms with Crippen molar-refractivity contribution in [2.45, 2.75) is 37.4 Å². The minimum absolute atomic E-state index is 0. The molecule has 2 aromatic rings. The summed E-state index contributed by atoms with van der Waals surface area (Å²) in [6.07, 6.45) is 3.76. The molecule has 0 spiro atoms. The van der Waals surface area contributed by atoms with Crippen molar-refractivity contribution in [1.29, 1.82) is 0 Å². The predicted octanol–water partition coefficient (Wildman–Crippen LogP) is 4.36. The fourth-order valence-corrected chi connectivity index (χ4v) is 3.91. The number of hydrogen-bond acceptors (Lipinski definition) is 3. The number of hydrogen-bond donors (Lipinski definition) is 1. The molecular weight excluding hydrogens is 507 g/mol. The largest absolute Gasteiger partial charge is 0.352 e. The Morgan fingerprint density at radius 1 is 1.10 bits per heavy atom. The van der Waals surface area contributed by atoms with E-state index in [9.17, 15) is 4.79 Å². The zero-order valence-corrected chi connectivity index (χ0v) is 21.1. The fourth-order valence-electron chi connectivity index (χ4n) is 3.50. The van der Waals surface area contributed by atoms with Crippen LogP contribution in [-0.4, -0.2) is 48.6 Å². The first-order valence-electron chi connectivity index (χ1n) is 9.99. The van der Waals surface area contributed by atoms with Gasteiger partial charge in [0.25, 0.3) is 0 Å². The molecule has 1 aliphatic heterocycles. The molecule has 0 aliphatic carbocycles. The normalized spacial score (nSPS) is 13.9. The van der Waals surface area contributed by atoms with Crippen molar-refractivity contribution in [1.82, 2.24) is 15.1 Å². The molecule has 1 amide bonds. The molecule has 0 bridgehead atoms. The van der Waals surface area contributed by atoms with E-state index in [1.807, 2.05) is 19.0 Å². The van der Waals surface area contributed by atoms with E-state index >= 15 is 0 Å². The number of thioether (sulfide) groups is 1. The molecule has 1 N–H and O–H groups in total. The molecule has 1 heterocycles. The van der Waals surface area contributed by atoms with E-state index in [1.165, 1.54) is 21.6 Å².